The summed E-state index contributed by atoms with van der Waals surface area (Å²) < 4.78 is 13.5. The zero-order valence-electron chi connectivity index (χ0n) is 11.9. The van der Waals surface area contributed by atoms with Gasteiger partial charge in [0.15, 0.2) is 0 Å². The largest absolute Gasteiger partial charge is 0.271 e. The summed E-state index contributed by atoms with van der Waals surface area (Å²) in [5, 5.41) is 0.160. The van der Waals surface area contributed by atoms with Crippen molar-refractivity contribution in [3.8, 4) is 0 Å². The van der Waals surface area contributed by atoms with Crippen LogP contribution < -0.4 is 11.3 Å². The third kappa shape index (κ3) is 2.39. The van der Waals surface area contributed by atoms with Gasteiger partial charge >= 0.3 is 0 Å². The van der Waals surface area contributed by atoms with Crippen molar-refractivity contribution in [3.63, 3.8) is 0 Å². The molecule has 0 aromatic heterocycles. The quantitative estimate of drug-likeness (QED) is 0.656. The van der Waals surface area contributed by atoms with Crippen molar-refractivity contribution in [2.75, 3.05) is 0 Å². The highest BCUT2D eigenvalue weighted by Crippen LogP contribution is 2.69. The summed E-state index contributed by atoms with van der Waals surface area (Å²) >= 11 is 5.70. The van der Waals surface area contributed by atoms with E-state index in [9.17, 15) is 4.39 Å². The van der Waals surface area contributed by atoms with Crippen LogP contribution in [0.4, 0.5) is 4.39 Å². The molecule has 1 aliphatic rings. The Balaban J connectivity index is 2.15. The van der Waals surface area contributed by atoms with E-state index in [0.29, 0.717) is 12.3 Å². The van der Waals surface area contributed by atoms with Gasteiger partial charge in [-0.1, -0.05) is 45.4 Å². The molecule has 2 nitrogen and oxygen atoms in total. The van der Waals surface area contributed by atoms with Gasteiger partial charge < -0.3 is 0 Å². The van der Waals surface area contributed by atoms with E-state index in [1.54, 1.807) is 6.07 Å². The van der Waals surface area contributed by atoms with Crippen LogP contribution in [0.3, 0.4) is 0 Å². The van der Waals surface area contributed by atoms with Gasteiger partial charge in [-0.2, -0.15) is 0 Å². The molecule has 0 heterocycles. The number of nitrogens with two attached hydrogens (primary N) is 1. The summed E-state index contributed by atoms with van der Waals surface area (Å²) in [6.45, 7) is 9.02. The van der Waals surface area contributed by atoms with E-state index in [-0.39, 0.29) is 27.7 Å². The first-order valence-electron chi connectivity index (χ1n) is 6.62. The number of halogens is 2. The highest BCUT2D eigenvalue weighted by Gasteiger charge is 2.66. The van der Waals surface area contributed by atoms with E-state index >= 15 is 0 Å². The lowest BCUT2D eigenvalue weighted by atomic mass is 9.97. The average Bonchev–Trinajstić information content (AvgIpc) is 2.72. The number of hydrogen-bond acceptors (Lipinski definition) is 2. The molecule has 0 amide bonds. The van der Waals surface area contributed by atoms with E-state index in [4.69, 9.17) is 17.4 Å². The minimum absolute atomic E-state index is 0.144. The van der Waals surface area contributed by atoms with Crippen molar-refractivity contribution in [2.45, 2.75) is 40.2 Å². The predicted octanol–water partition coefficient (Wildman–Crippen LogP) is 3.54. The number of nitrogens with one attached hydrogen (secondary N) is 1. The Morgan fingerprint density at radius 1 is 1.32 bits per heavy atom. The van der Waals surface area contributed by atoms with Crippen LogP contribution in [0.1, 0.15) is 33.3 Å². The van der Waals surface area contributed by atoms with E-state index in [2.05, 4.69) is 33.1 Å². The molecule has 0 spiro atoms. The van der Waals surface area contributed by atoms with Gasteiger partial charge in [0.2, 0.25) is 0 Å². The monoisotopic (exact) mass is 284 g/mol. The summed E-state index contributed by atoms with van der Waals surface area (Å²) in [7, 11) is 0. The maximum Gasteiger partial charge on any atom is 0.142 e. The van der Waals surface area contributed by atoms with Crippen molar-refractivity contribution < 1.29 is 4.39 Å². The molecule has 1 unspecified atom stereocenters. The number of hydrogen-bond donors (Lipinski definition) is 2. The van der Waals surface area contributed by atoms with E-state index in [1.807, 2.05) is 6.07 Å². The molecule has 4 heteroatoms. The average molecular weight is 285 g/mol. The third-order valence-corrected chi connectivity index (χ3v) is 5.49. The molecule has 1 aromatic carbocycles. The molecule has 1 aromatic rings. The van der Waals surface area contributed by atoms with E-state index < -0.39 is 0 Å². The van der Waals surface area contributed by atoms with Crippen LogP contribution in [-0.4, -0.2) is 6.04 Å². The number of hydrazine groups is 1. The van der Waals surface area contributed by atoms with Crippen molar-refractivity contribution in [3.05, 3.63) is 34.6 Å². The fourth-order valence-electron chi connectivity index (χ4n) is 3.45. The zero-order chi connectivity index (χ0) is 14.4. The van der Waals surface area contributed by atoms with Crippen LogP contribution in [0.2, 0.25) is 5.02 Å². The number of benzene rings is 1. The van der Waals surface area contributed by atoms with Crippen molar-refractivity contribution in [2.24, 2.45) is 22.6 Å². The van der Waals surface area contributed by atoms with Crippen LogP contribution in [0.5, 0.6) is 0 Å². The summed E-state index contributed by atoms with van der Waals surface area (Å²) in [4.78, 5) is 0. The maximum atomic E-state index is 13.5. The molecule has 0 bridgehead atoms. The minimum atomic E-state index is -0.371. The van der Waals surface area contributed by atoms with E-state index in [0.717, 1.165) is 5.56 Å². The molecule has 3 N–H and O–H groups in total. The Bertz CT molecular complexity index is 471. The van der Waals surface area contributed by atoms with E-state index in [1.165, 1.54) is 6.07 Å². The van der Waals surface area contributed by atoms with Gasteiger partial charge in [0, 0.05) is 6.04 Å². The standard InChI is InChI=1S/C15H22ClFN2/c1-14(2)13(15(14,3)4)12(19-18)8-9-5-6-10(16)11(17)7-9/h5-7,12-13,19H,8,18H2,1-4H3. The molecule has 2 rings (SSSR count). The molecule has 1 saturated carbocycles. The first-order chi connectivity index (χ1) is 8.71. The van der Waals surface area contributed by atoms with Crippen LogP contribution in [0.25, 0.3) is 0 Å². The van der Waals surface area contributed by atoms with Gasteiger partial charge in [-0.25, -0.2) is 4.39 Å². The van der Waals surface area contributed by atoms with Gasteiger partial charge in [0.05, 0.1) is 5.02 Å². The highest BCUT2D eigenvalue weighted by molar-refractivity contribution is 6.30. The lowest BCUT2D eigenvalue weighted by Crippen LogP contribution is -2.40. The zero-order valence-corrected chi connectivity index (χ0v) is 12.7. The minimum Gasteiger partial charge on any atom is -0.271 e. The molecule has 106 valence electrons. The molecule has 0 aliphatic heterocycles. The second-order valence-electron chi connectivity index (χ2n) is 6.65. The van der Waals surface area contributed by atoms with Gasteiger partial charge in [0.1, 0.15) is 5.82 Å². The Morgan fingerprint density at radius 2 is 1.89 bits per heavy atom. The second-order valence-corrected chi connectivity index (χ2v) is 7.05. The van der Waals surface area contributed by atoms with Gasteiger partial charge in [-0.3, -0.25) is 11.3 Å². The molecule has 0 saturated heterocycles. The molecule has 1 aliphatic carbocycles. The van der Waals surface area contributed by atoms with Crippen LogP contribution in [-0.2, 0) is 6.42 Å². The Morgan fingerprint density at radius 3 is 2.32 bits per heavy atom. The third-order valence-electron chi connectivity index (χ3n) is 5.19. The normalized spacial score (nSPS) is 22.3. The van der Waals surface area contributed by atoms with Crippen LogP contribution >= 0.6 is 11.6 Å². The molecule has 19 heavy (non-hydrogen) atoms. The Hall–Kier alpha value is -0.640. The first-order valence-corrected chi connectivity index (χ1v) is 6.99. The Labute approximate surface area is 119 Å². The molecular formula is C15H22ClFN2. The molecule has 1 atom stereocenters. The first kappa shape index (κ1) is 14.8. The number of rotatable bonds is 4. The lowest BCUT2D eigenvalue weighted by molar-refractivity contribution is 0.402. The van der Waals surface area contributed by atoms with Gasteiger partial charge in [-0.15, -0.1) is 0 Å². The topological polar surface area (TPSA) is 38.0 Å². The summed E-state index contributed by atoms with van der Waals surface area (Å²) in [5.41, 5.74) is 4.31. The van der Waals surface area contributed by atoms with Crippen molar-refractivity contribution >= 4 is 11.6 Å². The molecule has 1 fully saturated rings. The fourth-order valence-corrected chi connectivity index (χ4v) is 3.56. The highest BCUT2D eigenvalue weighted by atomic mass is 35.5. The van der Waals surface area contributed by atoms with Crippen LogP contribution in [0, 0.1) is 22.6 Å². The fraction of sp³-hybridized carbons (Fsp3) is 0.600. The summed E-state index contributed by atoms with van der Waals surface area (Å²) in [5.74, 6) is 5.81. The van der Waals surface area contributed by atoms with Crippen molar-refractivity contribution in [1.29, 1.82) is 0 Å². The lowest BCUT2D eigenvalue weighted by Gasteiger charge is -2.18. The SMILES string of the molecule is CC1(C)C(C(Cc2ccc(Cl)c(F)c2)NN)C1(C)C. The second kappa shape index (κ2) is 4.72. The maximum absolute atomic E-state index is 13.5. The smallest absolute Gasteiger partial charge is 0.142 e. The molecule has 0 radical (unpaired) electrons. The molecular weight excluding hydrogens is 263 g/mol. The predicted molar refractivity (Wildman–Crippen MR) is 77.3 cm³/mol. The van der Waals surface area contributed by atoms with Crippen LogP contribution in [0.15, 0.2) is 18.2 Å². The van der Waals surface area contributed by atoms with Gasteiger partial charge in [-0.05, 0) is 40.9 Å². The summed E-state index contributed by atoms with van der Waals surface area (Å²) in [6, 6.07) is 5.10. The van der Waals surface area contributed by atoms with Crippen molar-refractivity contribution in [1.82, 2.24) is 5.43 Å². The summed E-state index contributed by atoms with van der Waals surface area (Å²) in [6.07, 6.45) is 0.710. The Kier molecular flexibility index (Phi) is 3.67. The van der Waals surface area contributed by atoms with Gasteiger partial charge in [0.25, 0.3) is 0 Å².